The molecule has 19 heteroatoms. The second kappa shape index (κ2) is 6.49. The molecule has 0 heterocycles. The standard InChI is InChI=1S/C8F18I/c9-1(10,3(13,14)5(17,18)19)2(11,12)4(15,16)7(23,24)27-8(25,26)6(20,21)22/q-1. The van der Waals surface area contributed by atoms with Crippen LogP contribution in [0, 0.1) is 0 Å². The maximum atomic E-state index is 13.0. The number of halogens is 19. The summed E-state index contributed by atoms with van der Waals surface area (Å²) in [7, 11) is 0. The van der Waals surface area contributed by atoms with E-state index in [9.17, 15) is 79.0 Å². The van der Waals surface area contributed by atoms with Crippen molar-refractivity contribution in [2.75, 3.05) is 0 Å². The molecule has 0 nitrogen and oxygen atoms in total. The monoisotopic (exact) mass is 565 g/mol. The fraction of sp³-hybridized carbons (Fsp3) is 1.00. The van der Waals surface area contributed by atoms with E-state index in [0.717, 1.165) is 0 Å². The zero-order valence-corrected chi connectivity index (χ0v) is 13.3. The quantitative estimate of drug-likeness (QED) is 0.265. The van der Waals surface area contributed by atoms with Gasteiger partial charge in [-0.3, -0.25) is 0 Å². The van der Waals surface area contributed by atoms with E-state index in [-0.39, 0.29) is 0 Å². The predicted octanol–water partition coefficient (Wildman–Crippen LogP) is 2.93. The van der Waals surface area contributed by atoms with E-state index in [4.69, 9.17) is 0 Å². The van der Waals surface area contributed by atoms with E-state index in [1.54, 1.807) is 0 Å². The Labute approximate surface area is 145 Å². The van der Waals surface area contributed by atoms with Crippen LogP contribution in [0.25, 0.3) is 0 Å². The molecule has 0 rings (SSSR count). The molecular weight excluding hydrogens is 565 g/mol. The van der Waals surface area contributed by atoms with Crippen LogP contribution in [0.3, 0.4) is 0 Å². The molecule has 0 amide bonds. The summed E-state index contributed by atoms with van der Waals surface area (Å²) in [6, 6.07) is 0. The first-order chi connectivity index (χ1) is 11.2. The van der Waals surface area contributed by atoms with E-state index in [2.05, 4.69) is 0 Å². The van der Waals surface area contributed by atoms with Crippen LogP contribution in [-0.4, -0.2) is 43.9 Å². The van der Waals surface area contributed by atoms with Gasteiger partial charge in [-0.2, -0.15) is 0 Å². The molecule has 0 aromatic rings. The van der Waals surface area contributed by atoms with Crippen LogP contribution in [-0.2, 0) is 0 Å². The van der Waals surface area contributed by atoms with Gasteiger partial charge in [0.1, 0.15) is 0 Å². The Hall–Kier alpha value is -0.530. The molecule has 0 radical (unpaired) electrons. The van der Waals surface area contributed by atoms with Crippen molar-refractivity contribution in [2.24, 2.45) is 0 Å². The zero-order chi connectivity index (χ0) is 22.7. The average molecular weight is 565 g/mol. The van der Waals surface area contributed by atoms with Gasteiger partial charge in [0.2, 0.25) is 0 Å². The molecular formula is C8F18I-. The van der Waals surface area contributed by atoms with Crippen LogP contribution in [0.4, 0.5) is 79.0 Å². The molecule has 0 N–H and O–H groups in total. The van der Waals surface area contributed by atoms with E-state index >= 15 is 0 Å². The Kier molecular flexibility index (Phi) is 6.36. The first kappa shape index (κ1) is 26.5. The van der Waals surface area contributed by atoms with Gasteiger partial charge < -0.3 is 0 Å². The molecule has 0 aliphatic carbocycles. The van der Waals surface area contributed by atoms with Crippen molar-refractivity contribution in [3.05, 3.63) is 0 Å². The van der Waals surface area contributed by atoms with Crippen molar-refractivity contribution in [1.29, 1.82) is 0 Å². The molecule has 0 saturated carbocycles. The molecule has 0 bridgehead atoms. The van der Waals surface area contributed by atoms with Crippen molar-refractivity contribution < 1.29 is 100 Å². The molecule has 0 unspecified atom stereocenters. The van der Waals surface area contributed by atoms with Gasteiger partial charge in [0.25, 0.3) is 0 Å². The Balaban J connectivity index is 6.32. The minimum absolute atomic E-state index is 5.91. The van der Waals surface area contributed by atoms with Crippen LogP contribution in [0.5, 0.6) is 0 Å². The molecule has 0 atom stereocenters. The molecule has 0 aromatic heterocycles. The first-order valence-electron chi connectivity index (χ1n) is 5.28. The Morgan fingerprint density at radius 3 is 0.852 bits per heavy atom. The Morgan fingerprint density at radius 2 is 0.593 bits per heavy atom. The maximum absolute atomic E-state index is 13.0. The third-order valence-electron chi connectivity index (χ3n) is 2.45. The number of alkyl halides is 20. The van der Waals surface area contributed by atoms with Crippen LogP contribution >= 0.6 is 0 Å². The van der Waals surface area contributed by atoms with Gasteiger partial charge >= 0.3 is 144 Å². The SMILES string of the molecule is FC(F)(F)C(F)(F)[I-]C(F)(F)C(F)(F)C(F)(F)C(F)(F)C(F)(F)C(F)(F)F. The van der Waals surface area contributed by atoms with Gasteiger partial charge in [-0.15, -0.1) is 0 Å². The van der Waals surface area contributed by atoms with Gasteiger partial charge in [0, 0.05) is 0 Å². The predicted molar refractivity (Wildman–Crippen MR) is 41.8 cm³/mol. The average Bonchev–Trinajstić information content (AvgIpc) is 2.33. The summed E-state index contributed by atoms with van der Waals surface area (Å²) in [5, 5.41) is 0. The molecule has 166 valence electrons. The summed E-state index contributed by atoms with van der Waals surface area (Å²) in [5.74, 6) is -33.0. The van der Waals surface area contributed by atoms with E-state index < -0.39 is 65.1 Å². The summed E-state index contributed by atoms with van der Waals surface area (Å²) < 4.78 is 209. The summed E-state index contributed by atoms with van der Waals surface area (Å²) in [4.78, 5) is 0. The van der Waals surface area contributed by atoms with E-state index in [1.807, 2.05) is 0 Å². The second-order valence-corrected chi connectivity index (χ2v) is 7.63. The molecule has 0 spiro atoms. The molecule has 0 aliphatic rings. The minimum atomic E-state index is -8.40. The number of rotatable bonds is 6. The van der Waals surface area contributed by atoms with Gasteiger partial charge in [-0.1, -0.05) is 0 Å². The van der Waals surface area contributed by atoms with Crippen LogP contribution < -0.4 is 21.2 Å². The number of hydrogen-bond donors (Lipinski definition) is 0. The van der Waals surface area contributed by atoms with Crippen LogP contribution in [0.15, 0.2) is 0 Å². The van der Waals surface area contributed by atoms with Crippen molar-refractivity contribution in [3.8, 4) is 0 Å². The molecule has 27 heavy (non-hydrogen) atoms. The Morgan fingerprint density at radius 1 is 0.296 bits per heavy atom. The molecule has 0 aliphatic heterocycles. The summed E-state index contributed by atoms with van der Waals surface area (Å²) in [6.07, 6.45) is -14.8. The molecule has 0 saturated heterocycles. The van der Waals surface area contributed by atoms with Crippen molar-refractivity contribution in [3.63, 3.8) is 0 Å². The van der Waals surface area contributed by atoms with Crippen molar-refractivity contribution in [1.82, 2.24) is 0 Å². The van der Waals surface area contributed by atoms with Gasteiger partial charge in [0.15, 0.2) is 0 Å². The topological polar surface area (TPSA) is 0 Å². The normalized spacial score (nSPS) is 16.8. The summed E-state index contributed by atoms with van der Waals surface area (Å²) >= 11 is -5.91. The third kappa shape index (κ3) is 3.97. The summed E-state index contributed by atoms with van der Waals surface area (Å²) in [6.45, 7) is 0. The van der Waals surface area contributed by atoms with Crippen LogP contribution in [0.1, 0.15) is 0 Å². The second-order valence-electron chi connectivity index (χ2n) is 4.38. The zero-order valence-electron chi connectivity index (χ0n) is 11.2. The fourth-order valence-electron chi connectivity index (χ4n) is 1.01. The van der Waals surface area contributed by atoms with Gasteiger partial charge in [-0.25, -0.2) is 0 Å². The fourth-order valence-corrected chi connectivity index (χ4v) is 2.85. The van der Waals surface area contributed by atoms with E-state index in [0.29, 0.717) is 0 Å². The summed E-state index contributed by atoms with van der Waals surface area (Å²) in [5.41, 5.74) is 0. The van der Waals surface area contributed by atoms with Crippen molar-refractivity contribution in [2.45, 2.75) is 43.9 Å². The molecule has 0 aromatic carbocycles. The van der Waals surface area contributed by atoms with Crippen molar-refractivity contribution >= 4 is 0 Å². The molecule has 0 fully saturated rings. The van der Waals surface area contributed by atoms with Crippen LogP contribution in [0.2, 0.25) is 0 Å². The Bertz CT molecular complexity index is 537. The number of hydrogen-bond acceptors (Lipinski definition) is 0. The van der Waals surface area contributed by atoms with Gasteiger partial charge in [0.05, 0.1) is 0 Å². The van der Waals surface area contributed by atoms with E-state index in [1.165, 1.54) is 0 Å². The first-order valence-corrected chi connectivity index (χ1v) is 7.44. The van der Waals surface area contributed by atoms with Gasteiger partial charge in [-0.05, 0) is 0 Å². The third-order valence-corrected chi connectivity index (χ3v) is 5.10.